The summed E-state index contributed by atoms with van der Waals surface area (Å²) in [6.45, 7) is 6.15. The fourth-order valence-corrected chi connectivity index (χ4v) is 3.98. The number of para-hydroxylation sites is 1. The van der Waals surface area contributed by atoms with Crippen LogP contribution in [0, 0.1) is 6.92 Å². The van der Waals surface area contributed by atoms with E-state index in [4.69, 9.17) is 4.42 Å². The monoisotopic (exact) mass is 301 g/mol. The first kappa shape index (κ1) is 14.2. The van der Waals surface area contributed by atoms with Crippen molar-refractivity contribution >= 4 is 11.1 Å². The van der Waals surface area contributed by atoms with Crippen LogP contribution in [0.3, 0.4) is 0 Å². The molecule has 1 aromatic heterocycles. The lowest BCUT2D eigenvalue weighted by molar-refractivity contribution is 0.0172. The molecule has 0 amide bonds. The Kier molecular flexibility index (Phi) is 3.64. The van der Waals surface area contributed by atoms with Gasteiger partial charge in [0, 0.05) is 38.6 Å². The highest BCUT2D eigenvalue weighted by atomic mass is 16.3. The molecule has 4 rings (SSSR count). The van der Waals surface area contributed by atoms with Gasteiger partial charge in [0.2, 0.25) is 0 Å². The third-order valence-electron chi connectivity index (χ3n) is 5.10. The van der Waals surface area contributed by atoms with Gasteiger partial charge in [-0.2, -0.15) is 0 Å². The molecule has 0 bridgehead atoms. The molecule has 2 atom stereocenters. The molecule has 2 aromatic rings. The van der Waals surface area contributed by atoms with E-state index in [9.17, 15) is 5.11 Å². The number of piperazine rings is 1. The van der Waals surface area contributed by atoms with Crippen molar-refractivity contribution in [2.24, 2.45) is 0 Å². The number of hydrogen-bond donors (Lipinski definition) is 1. The van der Waals surface area contributed by atoms with E-state index in [1.54, 1.807) is 0 Å². The van der Waals surface area contributed by atoms with Crippen molar-refractivity contribution in [2.75, 3.05) is 26.2 Å². The molecule has 0 unspecified atom stereocenters. The maximum atomic E-state index is 9.77. The summed E-state index contributed by atoms with van der Waals surface area (Å²) in [5.74, 6) is 0.710. The zero-order valence-electron chi connectivity index (χ0n) is 13.0. The zero-order valence-corrected chi connectivity index (χ0v) is 13.0. The number of hydrogen-bond acceptors (Lipinski definition) is 5. The highest BCUT2D eigenvalue weighted by molar-refractivity contribution is 5.76. The van der Waals surface area contributed by atoms with Gasteiger partial charge in [0.15, 0.2) is 11.5 Å². The van der Waals surface area contributed by atoms with Gasteiger partial charge in [0.1, 0.15) is 5.52 Å². The molecule has 2 fully saturated rings. The molecule has 0 aliphatic carbocycles. The van der Waals surface area contributed by atoms with Gasteiger partial charge in [-0.25, -0.2) is 4.98 Å². The summed E-state index contributed by atoms with van der Waals surface area (Å²) in [4.78, 5) is 9.49. The Morgan fingerprint density at radius 3 is 3.14 bits per heavy atom. The zero-order chi connectivity index (χ0) is 15.1. The average Bonchev–Trinajstić information content (AvgIpc) is 3.11. The molecular formula is C17H23N3O2. The molecule has 2 aliphatic heterocycles. The number of aliphatic hydroxyl groups excluding tert-OH is 1. The summed E-state index contributed by atoms with van der Waals surface area (Å²) in [6.07, 6.45) is 2.57. The number of rotatable bonds is 3. The summed E-state index contributed by atoms with van der Waals surface area (Å²) in [5, 5.41) is 9.77. The third-order valence-corrected chi connectivity index (χ3v) is 5.10. The first-order chi connectivity index (χ1) is 10.7. The molecule has 1 N–H and O–H groups in total. The van der Waals surface area contributed by atoms with Crippen LogP contribution < -0.4 is 0 Å². The van der Waals surface area contributed by atoms with E-state index < -0.39 is 0 Å². The van der Waals surface area contributed by atoms with Gasteiger partial charge in [-0.1, -0.05) is 12.1 Å². The van der Waals surface area contributed by atoms with Gasteiger partial charge in [-0.15, -0.1) is 0 Å². The smallest absolute Gasteiger partial charge is 0.192 e. The van der Waals surface area contributed by atoms with E-state index in [2.05, 4.69) is 20.9 Å². The van der Waals surface area contributed by atoms with E-state index >= 15 is 0 Å². The lowest BCUT2D eigenvalue weighted by atomic mass is 10.1. The van der Waals surface area contributed by atoms with Gasteiger partial charge in [-0.05, 0) is 31.0 Å². The van der Waals surface area contributed by atoms with Gasteiger partial charge in [-0.3, -0.25) is 9.80 Å². The molecule has 5 heteroatoms. The van der Waals surface area contributed by atoms with E-state index in [0.717, 1.165) is 30.7 Å². The van der Waals surface area contributed by atoms with Gasteiger partial charge in [0.05, 0.1) is 6.61 Å². The second-order valence-electron chi connectivity index (χ2n) is 6.55. The SMILES string of the molecule is Cc1nc2c(CN3C[C@@H]4CCCN4C[C@@H]3CO)cccc2o1. The van der Waals surface area contributed by atoms with Crippen LogP contribution in [-0.2, 0) is 6.54 Å². The van der Waals surface area contributed by atoms with E-state index in [0.29, 0.717) is 11.9 Å². The normalized spacial score (nSPS) is 26.6. The topological polar surface area (TPSA) is 52.7 Å². The van der Waals surface area contributed by atoms with Crippen molar-refractivity contribution in [1.29, 1.82) is 0 Å². The number of fused-ring (bicyclic) bond motifs is 2. The molecule has 1 aromatic carbocycles. The summed E-state index contributed by atoms with van der Waals surface area (Å²) in [7, 11) is 0. The molecule has 2 aliphatic rings. The van der Waals surface area contributed by atoms with E-state index in [-0.39, 0.29) is 12.6 Å². The fraction of sp³-hybridized carbons (Fsp3) is 0.588. The van der Waals surface area contributed by atoms with Crippen molar-refractivity contribution in [1.82, 2.24) is 14.8 Å². The van der Waals surface area contributed by atoms with Crippen molar-refractivity contribution in [3.63, 3.8) is 0 Å². The molecule has 118 valence electrons. The molecule has 0 saturated carbocycles. The summed E-state index contributed by atoms with van der Waals surface area (Å²) in [6, 6.07) is 7.00. The van der Waals surface area contributed by atoms with Crippen LogP contribution in [0.2, 0.25) is 0 Å². The first-order valence-corrected chi connectivity index (χ1v) is 8.18. The predicted molar refractivity (Wildman–Crippen MR) is 84.6 cm³/mol. The van der Waals surface area contributed by atoms with Crippen LogP contribution in [0.1, 0.15) is 24.3 Å². The highest BCUT2D eigenvalue weighted by Crippen LogP contribution is 2.27. The Morgan fingerprint density at radius 2 is 2.27 bits per heavy atom. The number of aromatic nitrogens is 1. The minimum absolute atomic E-state index is 0.219. The predicted octanol–water partition coefficient (Wildman–Crippen LogP) is 1.78. The second kappa shape index (κ2) is 5.65. The minimum atomic E-state index is 0.219. The molecule has 0 spiro atoms. The first-order valence-electron chi connectivity index (χ1n) is 8.18. The Labute approximate surface area is 130 Å². The molecular weight excluding hydrogens is 278 g/mol. The Morgan fingerprint density at radius 1 is 1.36 bits per heavy atom. The van der Waals surface area contributed by atoms with E-state index in [1.165, 1.54) is 24.9 Å². The largest absolute Gasteiger partial charge is 0.441 e. The third kappa shape index (κ3) is 2.43. The van der Waals surface area contributed by atoms with Crippen LogP contribution in [-0.4, -0.2) is 58.2 Å². The Hall–Kier alpha value is -1.43. The maximum Gasteiger partial charge on any atom is 0.192 e. The van der Waals surface area contributed by atoms with Crippen LogP contribution in [0.15, 0.2) is 22.6 Å². The van der Waals surface area contributed by atoms with Gasteiger partial charge < -0.3 is 9.52 Å². The van der Waals surface area contributed by atoms with Gasteiger partial charge >= 0.3 is 0 Å². The van der Waals surface area contributed by atoms with Crippen molar-refractivity contribution in [3.8, 4) is 0 Å². The molecule has 5 nitrogen and oxygen atoms in total. The number of nitrogens with zero attached hydrogens (tertiary/aromatic N) is 3. The van der Waals surface area contributed by atoms with Crippen molar-refractivity contribution in [3.05, 3.63) is 29.7 Å². The highest BCUT2D eigenvalue weighted by Gasteiger charge is 2.36. The van der Waals surface area contributed by atoms with Crippen LogP contribution >= 0.6 is 0 Å². The number of oxazole rings is 1. The number of aliphatic hydroxyl groups is 1. The standard InChI is InChI=1S/C17H23N3O2/c1-12-18-17-13(4-2-6-16(17)22-12)8-20-9-14-5-3-7-19(14)10-15(20)11-21/h2,4,6,14-15,21H,3,5,7-11H2,1H3/t14-,15+/m0/s1. The number of aryl methyl sites for hydroxylation is 1. The maximum absolute atomic E-state index is 9.77. The number of benzene rings is 1. The van der Waals surface area contributed by atoms with Crippen molar-refractivity contribution < 1.29 is 9.52 Å². The van der Waals surface area contributed by atoms with Crippen LogP contribution in [0.4, 0.5) is 0 Å². The van der Waals surface area contributed by atoms with Crippen LogP contribution in [0.5, 0.6) is 0 Å². The summed E-state index contributed by atoms with van der Waals surface area (Å²) < 4.78 is 5.63. The molecule has 2 saturated heterocycles. The van der Waals surface area contributed by atoms with Crippen molar-refractivity contribution in [2.45, 2.75) is 38.4 Å². The minimum Gasteiger partial charge on any atom is -0.441 e. The second-order valence-corrected chi connectivity index (χ2v) is 6.55. The molecule has 0 radical (unpaired) electrons. The van der Waals surface area contributed by atoms with Crippen LogP contribution in [0.25, 0.3) is 11.1 Å². The lowest BCUT2D eigenvalue weighted by Crippen LogP contribution is -2.56. The van der Waals surface area contributed by atoms with Gasteiger partial charge in [0.25, 0.3) is 0 Å². The molecule has 22 heavy (non-hydrogen) atoms. The Balaban J connectivity index is 1.60. The summed E-state index contributed by atoms with van der Waals surface area (Å²) in [5.41, 5.74) is 3.01. The molecule has 3 heterocycles. The Bertz CT molecular complexity index is 669. The van der Waals surface area contributed by atoms with E-state index in [1.807, 2.05) is 19.1 Å². The average molecular weight is 301 g/mol. The lowest BCUT2D eigenvalue weighted by Gasteiger charge is -2.43. The quantitative estimate of drug-likeness (QED) is 0.936. The fourth-order valence-electron chi connectivity index (χ4n) is 3.98. The summed E-state index contributed by atoms with van der Waals surface area (Å²) >= 11 is 0.